The highest BCUT2D eigenvalue weighted by molar-refractivity contribution is 5.87. The summed E-state index contributed by atoms with van der Waals surface area (Å²) in [6, 6.07) is 3.33. The SMILES string of the molecule is COC(=O)/C=C/c1ccc(/C=C/C(=O)OC)o1. The van der Waals surface area contributed by atoms with Crippen molar-refractivity contribution in [1.29, 1.82) is 0 Å². The van der Waals surface area contributed by atoms with Gasteiger partial charge < -0.3 is 13.9 Å². The first-order valence-corrected chi connectivity index (χ1v) is 4.77. The Hall–Kier alpha value is -2.30. The molecule has 0 bridgehead atoms. The van der Waals surface area contributed by atoms with Crippen LogP contribution in [0.5, 0.6) is 0 Å². The van der Waals surface area contributed by atoms with Gasteiger partial charge in [0.15, 0.2) is 0 Å². The lowest BCUT2D eigenvalue weighted by molar-refractivity contribution is -0.135. The van der Waals surface area contributed by atoms with Crippen molar-refractivity contribution >= 4 is 24.1 Å². The fourth-order valence-corrected chi connectivity index (χ4v) is 0.984. The van der Waals surface area contributed by atoms with E-state index >= 15 is 0 Å². The number of carbonyl (C=O) groups is 2. The summed E-state index contributed by atoms with van der Waals surface area (Å²) in [4.78, 5) is 21.6. The first kappa shape index (κ1) is 12.8. The smallest absolute Gasteiger partial charge is 0.330 e. The molecule has 0 atom stereocenters. The molecular weight excluding hydrogens is 224 g/mol. The monoisotopic (exact) mass is 236 g/mol. The van der Waals surface area contributed by atoms with Gasteiger partial charge in [0.1, 0.15) is 11.5 Å². The molecule has 0 spiro atoms. The van der Waals surface area contributed by atoms with Crippen LogP contribution in [-0.4, -0.2) is 26.2 Å². The Balaban J connectivity index is 2.65. The van der Waals surface area contributed by atoms with Crippen LogP contribution >= 0.6 is 0 Å². The normalized spacial score (nSPS) is 10.9. The van der Waals surface area contributed by atoms with Crippen LogP contribution < -0.4 is 0 Å². The van der Waals surface area contributed by atoms with Crippen molar-refractivity contribution in [2.24, 2.45) is 0 Å². The summed E-state index contributed by atoms with van der Waals surface area (Å²) in [5.41, 5.74) is 0. The molecule has 1 rings (SSSR count). The molecule has 5 heteroatoms. The van der Waals surface area contributed by atoms with Gasteiger partial charge in [-0.25, -0.2) is 9.59 Å². The molecule has 0 saturated carbocycles. The minimum Gasteiger partial charge on any atom is -0.466 e. The maximum absolute atomic E-state index is 10.8. The second kappa shape index (κ2) is 6.32. The molecule has 0 aromatic carbocycles. The van der Waals surface area contributed by atoms with Crippen LogP contribution in [0.3, 0.4) is 0 Å². The minimum absolute atomic E-state index is 0.465. The fraction of sp³-hybridized carbons (Fsp3) is 0.167. The number of hydrogen-bond donors (Lipinski definition) is 0. The van der Waals surface area contributed by atoms with E-state index in [1.807, 2.05) is 0 Å². The Morgan fingerprint density at radius 1 is 1.00 bits per heavy atom. The van der Waals surface area contributed by atoms with Crippen LogP contribution in [0.1, 0.15) is 11.5 Å². The van der Waals surface area contributed by atoms with Crippen LogP contribution in [0.15, 0.2) is 28.7 Å². The van der Waals surface area contributed by atoms with Gasteiger partial charge in [0.05, 0.1) is 14.2 Å². The number of ether oxygens (including phenoxy) is 2. The topological polar surface area (TPSA) is 65.7 Å². The molecule has 0 aliphatic carbocycles. The number of methoxy groups -OCH3 is 2. The lowest BCUT2D eigenvalue weighted by Crippen LogP contribution is -1.93. The van der Waals surface area contributed by atoms with Gasteiger partial charge >= 0.3 is 11.9 Å². The summed E-state index contributed by atoms with van der Waals surface area (Å²) < 4.78 is 14.1. The van der Waals surface area contributed by atoms with Gasteiger partial charge in [-0.2, -0.15) is 0 Å². The summed E-state index contributed by atoms with van der Waals surface area (Å²) in [6.45, 7) is 0. The maximum atomic E-state index is 10.8. The highest BCUT2D eigenvalue weighted by atomic mass is 16.5. The van der Waals surface area contributed by atoms with Crippen LogP contribution in [0, 0.1) is 0 Å². The third-order valence-corrected chi connectivity index (χ3v) is 1.82. The first-order chi connectivity index (χ1) is 8.15. The number of rotatable bonds is 4. The Bertz CT molecular complexity index is 413. The molecule has 1 aromatic rings. The van der Waals surface area contributed by atoms with Gasteiger partial charge in [0.2, 0.25) is 0 Å². The molecule has 0 aliphatic rings. The minimum atomic E-state index is -0.465. The van der Waals surface area contributed by atoms with Crippen molar-refractivity contribution in [3.05, 3.63) is 35.8 Å². The van der Waals surface area contributed by atoms with Gasteiger partial charge in [-0.15, -0.1) is 0 Å². The number of furan rings is 1. The summed E-state index contributed by atoms with van der Waals surface area (Å²) >= 11 is 0. The van der Waals surface area contributed by atoms with Crippen molar-refractivity contribution in [3.8, 4) is 0 Å². The van der Waals surface area contributed by atoms with Crippen LogP contribution in [0.2, 0.25) is 0 Å². The Labute approximate surface area is 98.3 Å². The zero-order chi connectivity index (χ0) is 12.7. The summed E-state index contributed by atoms with van der Waals surface area (Å²) in [5.74, 6) is 0.0425. The van der Waals surface area contributed by atoms with E-state index in [0.717, 1.165) is 0 Å². The standard InChI is InChI=1S/C12H12O5/c1-15-11(13)7-5-9-3-4-10(17-9)6-8-12(14)16-2/h3-8H,1-2H3/b7-5+,8-6+. The average molecular weight is 236 g/mol. The summed E-state index contributed by atoms with van der Waals surface area (Å²) in [6.07, 6.45) is 5.43. The lowest BCUT2D eigenvalue weighted by Gasteiger charge is -1.89. The Kier molecular flexibility index (Phi) is 4.75. The Morgan fingerprint density at radius 3 is 1.76 bits per heavy atom. The largest absolute Gasteiger partial charge is 0.466 e. The molecule has 5 nitrogen and oxygen atoms in total. The van der Waals surface area contributed by atoms with E-state index in [1.165, 1.54) is 38.5 Å². The molecule has 0 fully saturated rings. The molecule has 1 aromatic heterocycles. The predicted molar refractivity (Wildman–Crippen MR) is 60.8 cm³/mol. The molecule has 0 radical (unpaired) electrons. The average Bonchev–Trinajstić information content (AvgIpc) is 2.80. The van der Waals surface area contributed by atoms with E-state index in [1.54, 1.807) is 12.1 Å². The molecule has 0 saturated heterocycles. The van der Waals surface area contributed by atoms with E-state index in [-0.39, 0.29) is 0 Å². The zero-order valence-corrected chi connectivity index (χ0v) is 9.51. The van der Waals surface area contributed by atoms with Crippen molar-refractivity contribution < 1.29 is 23.5 Å². The molecule has 0 unspecified atom stereocenters. The van der Waals surface area contributed by atoms with Gasteiger partial charge in [-0.1, -0.05) is 0 Å². The molecule has 0 amide bonds. The molecule has 1 heterocycles. The molecule has 0 N–H and O–H groups in total. The quantitative estimate of drug-likeness (QED) is 0.587. The van der Waals surface area contributed by atoms with Crippen LogP contribution in [-0.2, 0) is 19.1 Å². The zero-order valence-electron chi connectivity index (χ0n) is 9.51. The lowest BCUT2D eigenvalue weighted by atomic mass is 10.3. The van der Waals surface area contributed by atoms with Gasteiger partial charge in [0.25, 0.3) is 0 Å². The molecule has 17 heavy (non-hydrogen) atoms. The van der Waals surface area contributed by atoms with Crippen molar-refractivity contribution in [1.82, 2.24) is 0 Å². The fourth-order valence-electron chi connectivity index (χ4n) is 0.984. The van der Waals surface area contributed by atoms with E-state index in [0.29, 0.717) is 11.5 Å². The van der Waals surface area contributed by atoms with Gasteiger partial charge in [-0.3, -0.25) is 0 Å². The maximum Gasteiger partial charge on any atom is 0.330 e. The third kappa shape index (κ3) is 4.38. The molecule has 0 aliphatic heterocycles. The number of esters is 2. The van der Waals surface area contributed by atoms with E-state index < -0.39 is 11.9 Å². The van der Waals surface area contributed by atoms with E-state index in [2.05, 4.69) is 9.47 Å². The van der Waals surface area contributed by atoms with Gasteiger partial charge in [-0.05, 0) is 24.3 Å². The van der Waals surface area contributed by atoms with Crippen molar-refractivity contribution in [2.45, 2.75) is 0 Å². The predicted octanol–water partition coefficient (Wildman–Crippen LogP) is 1.65. The highest BCUT2D eigenvalue weighted by Crippen LogP contribution is 2.11. The third-order valence-electron chi connectivity index (χ3n) is 1.82. The first-order valence-electron chi connectivity index (χ1n) is 4.77. The van der Waals surface area contributed by atoms with Gasteiger partial charge in [0, 0.05) is 12.2 Å². The summed E-state index contributed by atoms with van der Waals surface area (Å²) in [5, 5.41) is 0. The number of hydrogen-bond acceptors (Lipinski definition) is 5. The van der Waals surface area contributed by atoms with Crippen molar-refractivity contribution in [3.63, 3.8) is 0 Å². The van der Waals surface area contributed by atoms with E-state index in [9.17, 15) is 9.59 Å². The van der Waals surface area contributed by atoms with Crippen LogP contribution in [0.4, 0.5) is 0 Å². The molecule has 90 valence electrons. The highest BCUT2D eigenvalue weighted by Gasteiger charge is 1.98. The Morgan fingerprint density at radius 2 is 1.41 bits per heavy atom. The second-order valence-corrected chi connectivity index (χ2v) is 2.95. The second-order valence-electron chi connectivity index (χ2n) is 2.95. The molecular formula is C12H12O5. The van der Waals surface area contributed by atoms with Crippen molar-refractivity contribution in [2.75, 3.05) is 14.2 Å². The van der Waals surface area contributed by atoms with E-state index in [4.69, 9.17) is 4.42 Å². The van der Waals surface area contributed by atoms with Crippen LogP contribution in [0.25, 0.3) is 12.2 Å². The number of carbonyl (C=O) groups excluding carboxylic acids is 2. The summed E-state index contributed by atoms with van der Waals surface area (Å²) in [7, 11) is 2.58.